The van der Waals surface area contributed by atoms with Crippen LogP contribution in [0, 0.1) is 5.92 Å². The number of carboxylic acids is 2. The predicted molar refractivity (Wildman–Crippen MR) is 107 cm³/mol. The van der Waals surface area contributed by atoms with Gasteiger partial charge in [0.1, 0.15) is 18.1 Å². The summed E-state index contributed by atoms with van der Waals surface area (Å²) < 4.78 is 0. The van der Waals surface area contributed by atoms with Crippen LogP contribution in [0.4, 0.5) is 0 Å². The number of nitrogens with two attached hydrogens (primary N) is 1. The molecule has 0 aliphatic rings. The highest BCUT2D eigenvalue weighted by molar-refractivity contribution is 7.98. The van der Waals surface area contributed by atoms with Crippen molar-refractivity contribution in [2.24, 2.45) is 11.7 Å². The summed E-state index contributed by atoms with van der Waals surface area (Å²) in [5.74, 6) is -4.72. The lowest BCUT2D eigenvalue weighted by Crippen LogP contribution is -2.58. The Morgan fingerprint density at radius 1 is 1.00 bits per heavy atom. The number of rotatable bonds is 14. The number of amides is 3. The van der Waals surface area contributed by atoms with Crippen LogP contribution in [-0.2, 0) is 24.0 Å². The van der Waals surface area contributed by atoms with E-state index in [0.717, 1.165) is 0 Å². The third-order valence-corrected chi connectivity index (χ3v) is 4.88. The summed E-state index contributed by atoms with van der Waals surface area (Å²) in [4.78, 5) is 59.1. The van der Waals surface area contributed by atoms with E-state index in [1.54, 1.807) is 20.1 Å². The van der Waals surface area contributed by atoms with Crippen molar-refractivity contribution >= 4 is 41.4 Å². The highest BCUT2D eigenvalue weighted by Crippen LogP contribution is 2.09. The minimum absolute atomic E-state index is 0.137. The van der Waals surface area contributed by atoms with Gasteiger partial charge in [-0.05, 0) is 24.3 Å². The predicted octanol–water partition coefficient (Wildman–Crippen LogP) is -1.24. The van der Waals surface area contributed by atoms with Crippen LogP contribution in [0.5, 0.6) is 0 Å². The Morgan fingerprint density at radius 3 is 2.03 bits per heavy atom. The zero-order chi connectivity index (χ0) is 22.6. The Kier molecular flexibility index (Phi) is 12.7. The van der Waals surface area contributed by atoms with E-state index in [2.05, 4.69) is 16.0 Å². The Bertz CT molecular complexity index is 602. The second-order valence-corrected chi connectivity index (χ2v) is 7.46. The van der Waals surface area contributed by atoms with Crippen molar-refractivity contribution in [3.8, 4) is 0 Å². The first-order valence-corrected chi connectivity index (χ1v) is 10.5. The van der Waals surface area contributed by atoms with Crippen molar-refractivity contribution in [3.05, 3.63) is 0 Å². The molecular weight excluding hydrogens is 404 g/mol. The number of carbonyl (C=O) groups is 5. The molecule has 0 rings (SSSR count). The summed E-state index contributed by atoms with van der Waals surface area (Å²) in [6, 6.07) is -3.74. The zero-order valence-electron chi connectivity index (χ0n) is 16.8. The molecular formula is C17H30N4O7S. The van der Waals surface area contributed by atoms with Gasteiger partial charge in [-0.25, -0.2) is 4.79 Å². The third-order valence-electron chi connectivity index (χ3n) is 4.23. The number of hydrogen-bond donors (Lipinski definition) is 6. The smallest absolute Gasteiger partial charge is 0.326 e. The highest BCUT2D eigenvalue weighted by Gasteiger charge is 2.32. The quantitative estimate of drug-likeness (QED) is 0.194. The van der Waals surface area contributed by atoms with Crippen LogP contribution in [0.3, 0.4) is 0 Å². The molecule has 0 aromatic rings. The Morgan fingerprint density at radius 2 is 1.59 bits per heavy atom. The van der Waals surface area contributed by atoms with Gasteiger partial charge in [-0.15, -0.1) is 0 Å². The molecule has 0 aliphatic heterocycles. The number of aliphatic carboxylic acids is 2. The SMILES string of the molecule is CCC(C)C(NC(=O)CN)C(=O)NC(CC(=O)O)C(=O)NC(CCSC)C(=O)O. The molecule has 12 heteroatoms. The molecule has 0 aromatic carbocycles. The van der Waals surface area contributed by atoms with Crippen LogP contribution < -0.4 is 21.7 Å². The van der Waals surface area contributed by atoms with Gasteiger partial charge in [-0.3, -0.25) is 19.2 Å². The molecule has 0 aliphatic carbocycles. The Hall–Kier alpha value is -2.34. The number of carboxylic acid groups (broad SMARTS) is 2. The molecule has 0 spiro atoms. The molecule has 0 bridgehead atoms. The van der Waals surface area contributed by atoms with Crippen LogP contribution >= 0.6 is 11.8 Å². The summed E-state index contributed by atoms with van der Waals surface area (Å²) in [5.41, 5.74) is 5.26. The molecule has 4 atom stereocenters. The van der Waals surface area contributed by atoms with Crippen LogP contribution in [0.1, 0.15) is 33.1 Å². The van der Waals surface area contributed by atoms with Crippen molar-refractivity contribution in [2.75, 3.05) is 18.6 Å². The van der Waals surface area contributed by atoms with Crippen molar-refractivity contribution in [3.63, 3.8) is 0 Å². The molecule has 0 heterocycles. The van der Waals surface area contributed by atoms with Crippen LogP contribution in [-0.4, -0.2) is 76.6 Å². The van der Waals surface area contributed by atoms with Crippen molar-refractivity contribution < 1.29 is 34.2 Å². The van der Waals surface area contributed by atoms with Crippen molar-refractivity contribution in [1.29, 1.82) is 0 Å². The molecule has 0 saturated carbocycles. The Balaban J connectivity index is 5.39. The summed E-state index contributed by atoms with van der Waals surface area (Å²) in [6.07, 6.45) is 1.69. The van der Waals surface area contributed by atoms with E-state index >= 15 is 0 Å². The van der Waals surface area contributed by atoms with E-state index < -0.39 is 54.2 Å². The minimum Gasteiger partial charge on any atom is -0.481 e. The Labute approximate surface area is 173 Å². The van der Waals surface area contributed by atoms with Gasteiger partial charge in [0, 0.05) is 0 Å². The average molecular weight is 435 g/mol. The van der Waals surface area contributed by atoms with Gasteiger partial charge < -0.3 is 31.9 Å². The second-order valence-electron chi connectivity index (χ2n) is 6.47. The van der Waals surface area contributed by atoms with Gasteiger partial charge in [0.15, 0.2) is 0 Å². The topological polar surface area (TPSA) is 188 Å². The number of nitrogens with one attached hydrogen (secondary N) is 3. The first-order chi connectivity index (χ1) is 13.6. The second kappa shape index (κ2) is 13.8. The fraction of sp³-hybridized carbons (Fsp3) is 0.706. The number of hydrogen-bond acceptors (Lipinski definition) is 7. The van der Waals surface area contributed by atoms with E-state index in [-0.39, 0.29) is 18.9 Å². The summed E-state index contributed by atoms with van der Waals surface area (Å²) in [5, 5.41) is 25.3. The van der Waals surface area contributed by atoms with E-state index in [4.69, 9.17) is 10.8 Å². The molecule has 0 saturated heterocycles. The summed E-state index contributed by atoms with van der Waals surface area (Å²) in [7, 11) is 0. The lowest BCUT2D eigenvalue weighted by molar-refractivity contribution is -0.143. The normalized spacial score (nSPS) is 14.8. The fourth-order valence-corrected chi connectivity index (χ4v) is 2.82. The highest BCUT2D eigenvalue weighted by atomic mass is 32.2. The molecule has 3 amide bonds. The maximum Gasteiger partial charge on any atom is 0.326 e. The van der Waals surface area contributed by atoms with Crippen molar-refractivity contribution in [1.82, 2.24) is 16.0 Å². The first kappa shape index (κ1) is 26.7. The van der Waals surface area contributed by atoms with E-state index in [9.17, 15) is 29.1 Å². The number of carbonyl (C=O) groups excluding carboxylic acids is 3. The zero-order valence-corrected chi connectivity index (χ0v) is 17.6. The average Bonchev–Trinajstić information content (AvgIpc) is 2.66. The largest absolute Gasteiger partial charge is 0.481 e. The third kappa shape index (κ3) is 10.1. The summed E-state index contributed by atoms with van der Waals surface area (Å²) >= 11 is 1.39. The van der Waals surface area contributed by atoms with Gasteiger partial charge >= 0.3 is 11.9 Å². The van der Waals surface area contributed by atoms with E-state index in [0.29, 0.717) is 12.2 Å². The van der Waals surface area contributed by atoms with Gasteiger partial charge in [-0.2, -0.15) is 11.8 Å². The molecule has 29 heavy (non-hydrogen) atoms. The standard InChI is InChI=1S/C17H30N4O7S/c1-4-9(2)14(21-12(22)8-18)16(26)20-11(7-13(23)24)15(25)19-10(17(27)28)5-6-29-3/h9-11,14H,4-8,18H2,1-3H3,(H,19,25)(H,20,26)(H,21,22)(H,23,24)(H,27,28). The number of thioether (sulfide) groups is 1. The first-order valence-electron chi connectivity index (χ1n) is 9.10. The summed E-state index contributed by atoms with van der Waals surface area (Å²) in [6.45, 7) is 3.16. The minimum atomic E-state index is -1.50. The molecule has 11 nitrogen and oxygen atoms in total. The maximum atomic E-state index is 12.6. The van der Waals surface area contributed by atoms with E-state index in [1.165, 1.54) is 11.8 Å². The molecule has 0 fully saturated rings. The molecule has 4 unspecified atom stereocenters. The van der Waals surface area contributed by atoms with Crippen LogP contribution in [0.25, 0.3) is 0 Å². The van der Waals surface area contributed by atoms with Crippen LogP contribution in [0.2, 0.25) is 0 Å². The molecule has 0 aromatic heterocycles. The van der Waals surface area contributed by atoms with E-state index in [1.807, 2.05) is 0 Å². The van der Waals surface area contributed by atoms with Gasteiger partial charge in [0.05, 0.1) is 13.0 Å². The van der Waals surface area contributed by atoms with Gasteiger partial charge in [0.25, 0.3) is 0 Å². The molecule has 166 valence electrons. The van der Waals surface area contributed by atoms with Gasteiger partial charge in [-0.1, -0.05) is 20.3 Å². The lowest BCUT2D eigenvalue weighted by atomic mass is 9.97. The maximum absolute atomic E-state index is 12.6. The van der Waals surface area contributed by atoms with Crippen molar-refractivity contribution in [2.45, 2.75) is 51.2 Å². The monoisotopic (exact) mass is 434 g/mol. The fourth-order valence-electron chi connectivity index (χ4n) is 2.35. The van der Waals surface area contributed by atoms with Crippen LogP contribution in [0.15, 0.2) is 0 Å². The molecule has 7 N–H and O–H groups in total. The molecule has 0 radical (unpaired) electrons. The lowest BCUT2D eigenvalue weighted by Gasteiger charge is -2.26. The van der Waals surface area contributed by atoms with Gasteiger partial charge in [0.2, 0.25) is 17.7 Å².